The van der Waals surface area contributed by atoms with Crippen molar-refractivity contribution in [3.05, 3.63) is 95.6 Å². The Hall–Kier alpha value is -3.71. The van der Waals surface area contributed by atoms with Crippen molar-refractivity contribution in [2.45, 2.75) is 31.6 Å². The lowest BCUT2D eigenvalue weighted by molar-refractivity contribution is -0.124. The summed E-state index contributed by atoms with van der Waals surface area (Å²) >= 11 is 1.30. The molecule has 170 valence electrons. The SMILES string of the molecule is CC[C@H](SC1=Nc2ccccc2C2=N[C@@H](c3ccccc3)C(=O)N12)C(=O)Nc1ccc(C)cc1. The fourth-order valence-electron chi connectivity index (χ4n) is 3.99. The zero-order chi connectivity index (χ0) is 23.7. The number of amidine groups is 2. The summed E-state index contributed by atoms with van der Waals surface area (Å²) in [6.07, 6.45) is 0.583. The van der Waals surface area contributed by atoms with Gasteiger partial charge < -0.3 is 5.32 Å². The molecule has 0 aromatic heterocycles. The second-order valence-corrected chi connectivity index (χ2v) is 9.39. The summed E-state index contributed by atoms with van der Waals surface area (Å²) in [7, 11) is 0. The van der Waals surface area contributed by atoms with Gasteiger partial charge in [0.1, 0.15) is 5.84 Å². The predicted octanol–water partition coefficient (Wildman–Crippen LogP) is 5.48. The van der Waals surface area contributed by atoms with Crippen LogP contribution in [0.2, 0.25) is 0 Å². The third kappa shape index (κ3) is 4.15. The highest BCUT2D eigenvalue weighted by molar-refractivity contribution is 8.15. The standard InChI is InChI=1S/C27H24N4O2S/c1-3-22(25(32)28-19-15-13-17(2)14-16-19)34-27-29-21-12-8-7-11-20(21)24-30-23(26(33)31(24)27)18-9-5-4-6-10-18/h4-16,22-23H,3H2,1-2H3,(H,28,32)/t22-,23-/m0/s1. The van der Waals surface area contributed by atoms with E-state index in [2.05, 4.69) is 5.32 Å². The highest BCUT2D eigenvalue weighted by Crippen LogP contribution is 2.38. The van der Waals surface area contributed by atoms with Gasteiger partial charge in [0.15, 0.2) is 11.2 Å². The third-order valence-electron chi connectivity index (χ3n) is 5.82. The largest absolute Gasteiger partial charge is 0.325 e. The molecule has 0 radical (unpaired) electrons. The maximum absolute atomic E-state index is 13.5. The van der Waals surface area contributed by atoms with Crippen molar-refractivity contribution in [1.82, 2.24) is 4.90 Å². The molecule has 0 aliphatic carbocycles. The molecule has 0 spiro atoms. The summed E-state index contributed by atoms with van der Waals surface area (Å²) in [5.74, 6) is 0.305. The van der Waals surface area contributed by atoms with Crippen LogP contribution < -0.4 is 5.32 Å². The minimum atomic E-state index is -0.630. The fourth-order valence-corrected chi connectivity index (χ4v) is 5.01. The molecule has 2 atom stereocenters. The van der Waals surface area contributed by atoms with Gasteiger partial charge in [-0.25, -0.2) is 14.9 Å². The molecule has 2 amide bonds. The molecule has 2 aliphatic heterocycles. The van der Waals surface area contributed by atoms with Crippen LogP contribution in [-0.2, 0) is 9.59 Å². The number of nitrogens with zero attached hydrogens (tertiary/aromatic N) is 3. The first-order valence-electron chi connectivity index (χ1n) is 11.2. The number of thioether (sulfide) groups is 1. The van der Waals surface area contributed by atoms with Crippen molar-refractivity contribution in [1.29, 1.82) is 0 Å². The number of amides is 2. The van der Waals surface area contributed by atoms with E-state index in [9.17, 15) is 9.59 Å². The number of rotatable bonds is 5. The number of fused-ring (bicyclic) bond motifs is 3. The van der Waals surface area contributed by atoms with Crippen LogP contribution in [0.5, 0.6) is 0 Å². The number of para-hydroxylation sites is 1. The fraction of sp³-hybridized carbons (Fsp3) is 0.185. The molecule has 0 bridgehead atoms. The van der Waals surface area contributed by atoms with Crippen LogP contribution in [-0.4, -0.2) is 33.0 Å². The van der Waals surface area contributed by atoms with Crippen LogP contribution >= 0.6 is 11.8 Å². The number of hydrogen-bond acceptors (Lipinski definition) is 5. The topological polar surface area (TPSA) is 74.1 Å². The monoisotopic (exact) mass is 468 g/mol. The van der Waals surface area contributed by atoms with Gasteiger partial charge >= 0.3 is 0 Å². The van der Waals surface area contributed by atoms with Crippen LogP contribution in [0, 0.1) is 6.92 Å². The average molecular weight is 469 g/mol. The number of carbonyl (C=O) groups is 2. The van der Waals surface area contributed by atoms with Gasteiger partial charge in [-0.3, -0.25) is 9.59 Å². The normalized spacial score (nSPS) is 17.4. The lowest BCUT2D eigenvalue weighted by atomic mass is 10.1. The van der Waals surface area contributed by atoms with Gasteiger partial charge in [-0.05, 0) is 43.2 Å². The average Bonchev–Trinajstić information content (AvgIpc) is 3.22. The summed E-state index contributed by atoms with van der Waals surface area (Å²) in [4.78, 5) is 37.8. The lowest BCUT2D eigenvalue weighted by Gasteiger charge is -2.27. The van der Waals surface area contributed by atoms with E-state index in [0.29, 0.717) is 17.4 Å². The lowest BCUT2D eigenvalue weighted by Crippen LogP contribution is -2.41. The first kappa shape index (κ1) is 22.1. The molecule has 2 aliphatic rings. The molecule has 2 heterocycles. The molecule has 0 fully saturated rings. The Morgan fingerprint density at radius 2 is 1.74 bits per heavy atom. The van der Waals surface area contributed by atoms with E-state index in [0.717, 1.165) is 28.1 Å². The molecular formula is C27H24N4O2S. The summed E-state index contributed by atoms with van der Waals surface area (Å²) in [6, 6.07) is 24.3. The quantitative estimate of drug-likeness (QED) is 0.539. The number of nitrogens with one attached hydrogen (secondary N) is 1. The van der Waals surface area contributed by atoms with Gasteiger partial charge in [0.2, 0.25) is 5.91 Å². The van der Waals surface area contributed by atoms with Gasteiger partial charge in [0.25, 0.3) is 5.91 Å². The van der Waals surface area contributed by atoms with Crippen LogP contribution in [0.25, 0.3) is 0 Å². The Balaban J connectivity index is 1.45. The highest BCUT2D eigenvalue weighted by atomic mass is 32.2. The van der Waals surface area contributed by atoms with Crippen molar-refractivity contribution in [2.24, 2.45) is 9.98 Å². The zero-order valence-electron chi connectivity index (χ0n) is 18.9. The van der Waals surface area contributed by atoms with Gasteiger partial charge in [0.05, 0.1) is 10.9 Å². The number of anilines is 1. The van der Waals surface area contributed by atoms with E-state index >= 15 is 0 Å². The number of aliphatic imine (C=N–C) groups is 2. The maximum Gasteiger partial charge on any atom is 0.263 e. The van der Waals surface area contributed by atoms with Crippen LogP contribution in [0.3, 0.4) is 0 Å². The minimum absolute atomic E-state index is 0.123. The predicted molar refractivity (Wildman–Crippen MR) is 138 cm³/mol. The number of benzene rings is 3. The second-order valence-electron chi connectivity index (χ2n) is 8.22. The molecule has 0 saturated heterocycles. The number of carbonyl (C=O) groups excluding carboxylic acids is 2. The smallest absolute Gasteiger partial charge is 0.263 e. The van der Waals surface area contributed by atoms with E-state index in [1.54, 1.807) is 4.90 Å². The van der Waals surface area contributed by atoms with E-state index in [4.69, 9.17) is 9.98 Å². The van der Waals surface area contributed by atoms with Crippen molar-refractivity contribution in [2.75, 3.05) is 5.32 Å². The number of hydrogen-bond donors (Lipinski definition) is 1. The first-order chi connectivity index (χ1) is 16.5. The zero-order valence-corrected chi connectivity index (χ0v) is 19.8. The first-order valence-corrected chi connectivity index (χ1v) is 12.1. The maximum atomic E-state index is 13.5. The van der Waals surface area contributed by atoms with Crippen molar-refractivity contribution in [3.8, 4) is 0 Å². The Morgan fingerprint density at radius 1 is 1.03 bits per heavy atom. The van der Waals surface area contributed by atoms with Crippen LogP contribution in [0.1, 0.15) is 36.1 Å². The van der Waals surface area contributed by atoms with Crippen LogP contribution in [0.4, 0.5) is 11.4 Å². The van der Waals surface area contributed by atoms with Gasteiger partial charge in [0, 0.05) is 11.3 Å². The molecule has 1 N–H and O–H groups in total. The molecule has 34 heavy (non-hydrogen) atoms. The van der Waals surface area contributed by atoms with E-state index in [1.807, 2.05) is 92.7 Å². The molecule has 7 heteroatoms. The summed E-state index contributed by atoms with van der Waals surface area (Å²) in [6.45, 7) is 3.96. The van der Waals surface area contributed by atoms with Gasteiger partial charge in [-0.15, -0.1) is 0 Å². The third-order valence-corrected chi connectivity index (χ3v) is 7.13. The second kappa shape index (κ2) is 9.27. The molecule has 5 rings (SSSR count). The van der Waals surface area contributed by atoms with Crippen molar-refractivity contribution in [3.63, 3.8) is 0 Å². The minimum Gasteiger partial charge on any atom is -0.325 e. The Labute approximate surface area is 202 Å². The Kier molecular flexibility index (Phi) is 6.02. The van der Waals surface area contributed by atoms with E-state index in [1.165, 1.54) is 11.8 Å². The van der Waals surface area contributed by atoms with E-state index < -0.39 is 11.3 Å². The Bertz CT molecular complexity index is 1300. The highest BCUT2D eigenvalue weighted by Gasteiger charge is 2.43. The van der Waals surface area contributed by atoms with Crippen LogP contribution in [0.15, 0.2) is 88.8 Å². The van der Waals surface area contributed by atoms with E-state index in [-0.39, 0.29) is 11.8 Å². The van der Waals surface area contributed by atoms with Crippen molar-refractivity contribution < 1.29 is 9.59 Å². The van der Waals surface area contributed by atoms with Crippen molar-refractivity contribution >= 4 is 46.0 Å². The molecule has 6 nitrogen and oxygen atoms in total. The molecule has 3 aromatic rings. The van der Waals surface area contributed by atoms with Gasteiger partial charge in [-0.1, -0.05) is 78.8 Å². The van der Waals surface area contributed by atoms with Gasteiger partial charge in [-0.2, -0.15) is 0 Å². The summed E-state index contributed by atoms with van der Waals surface area (Å²) in [5.41, 5.74) is 4.27. The Morgan fingerprint density at radius 3 is 2.47 bits per heavy atom. The molecule has 0 saturated carbocycles. The summed E-state index contributed by atoms with van der Waals surface area (Å²) in [5, 5.41) is 3.04. The molecule has 0 unspecified atom stereocenters. The molecular weight excluding hydrogens is 444 g/mol. The summed E-state index contributed by atoms with van der Waals surface area (Å²) < 4.78 is 0. The number of aryl methyl sites for hydroxylation is 1. The molecule has 3 aromatic carbocycles.